The lowest BCUT2D eigenvalue weighted by Crippen LogP contribution is -2.02. The molecule has 0 aliphatic heterocycles. The maximum Gasteiger partial charge on any atom is 0.164 e. The third-order valence-electron chi connectivity index (χ3n) is 22.8. The van der Waals surface area contributed by atoms with Crippen LogP contribution in [0.25, 0.3) is 234 Å². The van der Waals surface area contributed by atoms with E-state index in [2.05, 4.69) is 376 Å². The normalized spacial score (nSPS) is 11.6. The summed E-state index contributed by atoms with van der Waals surface area (Å²) in [4.78, 5) is 32.8. The van der Waals surface area contributed by atoms with Crippen molar-refractivity contribution < 1.29 is 8.83 Å². The topological polar surface area (TPSA) is 104 Å². The molecule has 18 aromatic carbocycles. The summed E-state index contributed by atoms with van der Waals surface area (Å²) in [7, 11) is 0. The molecule has 0 aliphatic carbocycles. The Morgan fingerprint density at radius 3 is 1.05 bits per heavy atom. The fourth-order valence-corrected chi connectivity index (χ4v) is 16.8. The zero-order valence-electron chi connectivity index (χ0n) is 63.8. The number of benzene rings is 18. The Bertz CT molecular complexity index is 7650. The zero-order valence-corrected chi connectivity index (χ0v) is 63.8. The summed E-state index contributed by atoms with van der Waals surface area (Å²) >= 11 is 0. The van der Waals surface area contributed by atoms with E-state index in [0.29, 0.717) is 34.9 Å². The van der Waals surface area contributed by atoms with Crippen LogP contribution in [0.1, 0.15) is 0 Å². The van der Waals surface area contributed by atoms with Crippen molar-refractivity contribution in [2.75, 3.05) is 0 Å². The molecule has 0 atom stereocenters. The average molecular weight is 1510 g/mol. The second kappa shape index (κ2) is 29.3. The average Bonchev–Trinajstić information content (AvgIpc) is 1.49. The summed E-state index contributed by atoms with van der Waals surface area (Å²) in [6.45, 7) is 0. The number of aromatic nitrogens is 6. The molecule has 0 N–H and O–H groups in total. The molecule has 8 heteroatoms. The minimum absolute atomic E-state index is 0.537. The smallest absolute Gasteiger partial charge is 0.164 e. The first-order valence-corrected chi connectivity index (χ1v) is 39.7. The van der Waals surface area contributed by atoms with Crippen LogP contribution in [0.2, 0.25) is 0 Å². The van der Waals surface area contributed by atoms with Gasteiger partial charge in [0.2, 0.25) is 0 Å². The first kappa shape index (κ1) is 68.9. The van der Waals surface area contributed by atoms with Crippen LogP contribution in [0, 0.1) is 0 Å². The van der Waals surface area contributed by atoms with E-state index in [4.69, 9.17) is 38.7 Å². The fraction of sp³-hybridized carbons (Fsp3) is 0. The van der Waals surface area contributed by atoms with Crippen molar-refractivity contribution in [3.8, 4) is 168 Å². The fourth-order valence-electron chi connectivity index (χ4n) is 16.8. The summed E-state index contributed by atoms with van der Waals surface area (Å²) < 4.78 is 12.6. The van der Waals surface area contributed by atoms with E-state index in [0.717, 1.165) is 199 Å². The molecule has 0 bridgehead atoms. The van der Waals surface area contributed by atoms with Gasteiger partial charge in [-0.05, 0) is 201 Å². The molecule has 4 heterocycles. The van der Waals surface area contributed by atoms with Crippen molar-refractivity contribution in [2.45, 2.75) is 0 Å². The molecule has 0 saturated carbocycles. The van der Waals surface area contributed by atoms with Crippen molar-refractivity contribution in [3.05, 3.63) is 413 Å². The van der Waals surface area contributed by atoms with Crippen LogP contribution in [0.15, 0.2) is 421 Å². The number of furan rings is 2. The summed E-state index contributed by atoms with van der Waals surface area (Å²) in [6, 6.07) is 145. The predicted octanol–water partition coefficient (Wildman–Crippen LogP) is 29.2. The summed E-state index contributed by atoms with van der Waals surface area (Å²) in [5, 5.41) is 9.11. The highest BCUT2D eigenvalue weighted by Crippen LogP contribution is 2.44. The highest BCUT2D eigenvalue weighted by Gasteiger charge is 2.24. The predicted molar refractivity (Wildman–Crippen MR) is 484 cm³/mol. The van der Waals surface area contributed by atoms with Gasteiger partial charge in [0.25, 0.3) is 0 Å². The van der Waals surface area contributed by atoms with E-state index >= 15 is 0 Å². The van der Waals surface area contributed by atoms with Gasteiger partial charge in [-0.2, -0.15) is 0 Å². The Kier molecular flexibility index (Phi) is 17.1. The van der Waals surface area contributed by atoms with Crippen LogP contribution < -0.4 is 0 Å². The highest BCUT2D eigenvalue weighted by atomic mass is 16.3. The number of fused-ring (bicyclic) bond motifs is 8. The Morgan fingerprint density at radius 2 is 0.449 bits per heavy atom. The minimum Gasteiger partial charge on any atom is -0.456 e. The lowest BCUT2D eigenvalue weighted by Gasteiger charge is -2.17. The van der Waals surface area contributed by atoms with E-state index in [1.54, 1.807) is 0 Å². The van der Waals surface area contributed by atoms with Gasteiger partial charge < -0.3 is 8.83 Å². The van der Waals surface area contributed by atoms with Gasteiger partial charge in [0.1, 0.15) is 22.3 Å². The van der Waals surface area contributed by atoms with Crippen molar-refractivity contribution in [3.63, 3.8) is 0 Å². The molecule has 8 nitrogen and oxygen atoms in total. The van der Waals surface area contributed by atoms with Crippen LogP contribution in [0.3, 0.4) is 0 Å². The number of para-hydroxylation sites is 2. The molecule has 22 rings (SSSR count). The van der Waals surface area contributed by atoms with Gasteiger partial charge >= 0.3 is 0 Å². The van der Waals surface area contributed by atoms with Gasteiger partial charge in [0.05, 0.1) is 0 Å². The molecule has 0 fully saturated rings. The lowest BCUT2D eigenvalue weighted by atomic mass is 9.91. The van der Waals surface area contributed by atoms with Crippen molar-refractivity contribution in [1.29, 1.82) is 0 Å². The SMILES string of the molecule is c1ccc(-c2cccc(-c3nc(-c4ccc(-c5ccc6cc(-c7cccc8oc9ccccc9c78)ccc6c5)cc4)nc(-c4ccc(-c5ccc(-c6ccccc6)c(-c6nc(-c7ccc(-c8ccc9cc(-c%10ccc%11c(c%10)oc%10ccccc%10%11)ccc9c8)cc7)nc(-c7ccccc7-c7ccccc7)n6)c5)cc4-c4ccccc4)n3)c2)cc1. The van der Waals surface area contributed by atoms with Gasteiger partial charge in [-0.1, -0.05) is 334 Å². The maximum atomic E-state index is 6.29. The van der Waals surface area contributed by atoms with E-state index in [-0.39, 0.29) is 0 Å². The van der Waals surface area contributed by atoms with Crippen LogP contribution in [-0.4, -0.2) is 29.9 Å². The first-order valence-electron chi connectivity index (χ1n) is 39.7. The van der Waals surface area contributed by atoms with Crippen LogP contribution in [0.4, 0.5) is 0 Å². The standard InChI is InChI=1S/C110H68N6O2/c1-5-21-69(22-6-1)77-29-19-30-89(65-77)107-111-105(75-43-39-70(40-44-75)79-48-50-84-64-88(54-53-82(84)62-79)92-35-20-38-102-104(92)97-34-16-18-37-101(97)117-102)112-109(115-107)96-60-57-85(66-98(96)74-27-11-4-12-28-74)86-55-58-91(73-25-9-3-10-26-73)99(67-86)110-114-106(113-108(116-110)95-33-14-13-31-90(95)72-23-7-2-8-24-72)76-45-41-71(42-46-76)78-47-49-81-63-83(52-51-80(81)61-78)87-56-59-94-93-32-15-17-36-100(93)118-103(94)68-87/h1-68H. The third kappa shape index (κ3) is 12.9. The molecular formula is C110H68N6O2. The molecule has 0 spiro atoms. The summed E-state index contributed by atoms with van der Waals surface area (Å²) in [5.41, 5.74) is 27.8. The van der Waals surface area contributed by atoms with Gasteiger partial charge in [-0.15, -0.1) is 0 Å². The summed E-state index contributed by atoms with van der Waals surface area (Å²) in [6.07, 6.45) is 0. The molecular weight excluding hydrogens is 1440 g/mol. The molecule has 0 unspecified atom stereocenters. The van der Waals surface area contributed by atoms with Gasteiger partial charge in [-0.25, -0.2) is 29.9 Å². The van der Waals surface area contributed by atoms with Gasteiger partial charge in [0.15, 0.2) is 34.9 Å². The monoisotopic (exact) mass is 1500 g/mol. The van der Waals surface area contributed by atoms with E-state index in [1.807, 2.05) is 36.4 Å². The zero-order chi connectivity index (χ0) is 78.0. The second-order valence-corrected chi connectivity index (χ2v) is 30.0. The largest absolute Gasteiger partial charge is 0.456 e. The van der Waals surface area contributed by atoms with Crippen molar-refractivity contribution in [1.82, 2.24) is 29.9 Å². The quantitative estimate of drug-likeness (QED) is 0.1000. The van der Waals surface area contributed by atoms with Crippen molar-refractivity contribution >= 4 is 65.4 Å². The summed E-state index contributed by atoms with van der Waals surface area (Å²) in [5.74, 6) is 3.30. The molecule has 22 aromatic rings. The number of hydrogen-bond acceptors (Lipinski definition) is 8. The molecule has 0 radical (unpaired) electrons. The third-order valence-corrected chi connectivity index (χ3v) is 22.8. The Labute approximate surface area is 680 Å². The van der Waals surface area contributed by atoms with Gasteiger partial charge in [0, 0.05) is 54.9 Å². The number of rotatable bonds is 15. The van der Waals surface area contributed by atoms with E-state index in [9.17, 15) is 0 Å². The molecule has 0 amide bonds. The Morgan fingerprint density at radius 1 is 0.136 bits per heavy atom. The van der Waals surface area contributed by atoms with Crippen molar-refractivity contribution in [2.24, 2.45) is 0 Å². The molecule has 4 aromatic heterocycles. The lowest BCUT2D eigenvalue weighted by molar-refractivity contribution is 0.668. The molecule has 0 saturated heterocycles. The van der Waals surface area contributed by atoms with E-state index < -0.39 is 0 Å². The Balaban J connectivity index is 0.635. The maximum absolute atomic E-state index is 6.29. The number of nitrogens with zero attached hydrogens (tertiary/aromatic N) is 6. The molecule has 0 aliphatic rings. The minimum atomic E-state index is 0.537. The first-order chi connectivity index (χ1) is 58.4. The Hall–Kier alpha value is -15.9. The second-order valence-electron chi connectivity index (χ2n) is 30.0. The number of hydrogen-bond donors (Lipinski definition) is 0. The molecule has 550 valence electrons. The van der Waals surface area contributed by atoms with Crippen LogP contribution in [0.5, 0.6) is 0 Å². The molecule has 118 heavy (non-hydrogen) atoms. The van der Waals surface area contributed by atoms with E-state index in [1.165, 1.54) is 0 Å². The highest BCUT2D eigenvalue weighted by molar-refractivity contribution is 6.13. The van der Waals surface area contributed by atoms with Crippen LogP contribution >= 0.6 is 0 Å². The van der Waals surface area contributed by atoms with Crippen LogP contribution in [-0.2, 0) is 0 Å². The van der Waals surface area contributed by atoms with Gasteiger partial charge in [-0.3, -0.25) is 0 Å².